The quantitative estimate of drug-likeness (QED) is 0.624. The molecule has 2 N–H and O–H groups in total. The molecule has 2 aromatic rings. The minimum absolute atomic E-state index is 0.0673. The summed E-state index contributed by atoms with van der Waals surface area (Å²) in [6.45, 7) is 3.33. The predicted molar refractivity (Wildman–Crippen MR) is 122 cm³/mol. The maximum atomic E-state index is 12.7. The van der Waals surface area contributed by atoms with Crippen molar-refractivity contribution in [3.63, 3.8) is 0 Å². The highest BCUT2D eigenvalue weighted by molar-refractivity contribution is 5.90. The number of nitrogens with one attached hydrogen (secondary N) is 2. The van der Waals surface area contributed by atoms with Gasteiger partial charge in [0.1, 0.15) is 11.5 Å². The van der Waals surface area contributed by atoms with Crippen LogP contribution in [-0.2, 0) is 9.53 Å². The fourth-order valence-corrected chi connectivity index (χ4v) is 3.79. The van der Waals surface area contributed by atoms with Gasteiger partial charge in [-0.15, -0.1) is 0 Å². The molecule has 1 fully saturated rings. The molecule has 0 unspecified atom stereocenters. The minimum Gasteiger partial charge on any atom is -0.497 e. The zero-order chi connectivity index (χ0) is 23.0. The average Bonchev–Trinajstić information content (AvgIpc) is 3.20. The first kappa shape index (κ1) is 23.4. The molecule has 1 aliphatic heterocycles. The molecule has 1 aliphatic rings. The molecule has 0 aliphatic carbocycles. The highest BCUT2D eigenvalue weighted by atomic mass is 16.5. The summed E-state index contributed by atoms with van der Waals surface area (Å²) in [5, 5.41) is 5.97. The van der Waals surface area contributed by atoms with Gasteiger partial charge in [0, 0.05) is 32.5 Å². The zero-order valence-electron chi connectivity index (χ0n) is 18.8. The van der Waals surface area contributed by atoms with Gasteiger partial charge in [0.25, 0.3) is 5.91 Å². The van der Waals surface area contributed by atoms with E-state index >= 15 is 0 Å². The molecular weight excluding hydrogens is 410 g/mol. The van der Waals surface area contributed by atoms with Crippen molar-refractivity contribution < 1.29 is 23.8 Å². The summed E-state index contributed by atoms with van der Waals surface area (Å²) in [5.74, 6) is 1.20. The Kier molecular flexibility index (Phi) is 7.94. The molecule has 2 aromatic carbocycles. The molecule has 1 atom stereocenters. The second-order valence-corrected chi connectivity index (χ2v) is 8.00. The number of anilines is 1. The number of aryl methyl sites for hydroxylation is 1. The maximum absolute atomic E-state index is 12.7. The highest BCUT2D eigenvalue weighted by Gasteiger charge is 2.41. The Hall–Kier alpha value is -3.26. The van der Waals surface area contributed by atoms with Crippen LogP contribution in [0.15, 0.2) is 48.5 Å². The van der Waals surface area contributed by atoms with Crippen LogP contribution in [0.1, 0.15) is 18.4 Å². The van der Waals surface area contributed by atoms with E-state index in [1.54, 1.807) is 43.4 Å². The van der Waals surface area contributed by atoms with E-state index in [4.69, 9.17) is 14.2 Å². The number of carbonyl (C=O) groups is 2. The Morgan fingerprint density at radius 2 is 1.84 bits per heavy atom. The Morgan fingerprint density at radius 1 is 1.09 bits per heavy atom. The summed E-state index contributed by atoms with van der Waals surface area (Å²) in [6.07, 6.45) is 1.25. The summed E-state index contributed by atoms with van der Waals surface area (Å²) in [6, 6.07) is 14.4. The highest BCUT2D eigenvalue weighted by Crippen LogP contribution is 2.26. The van der Waals surface area contributed by atoms with Crippen LogP contribution >= 0.6 is 0 Å². The number of nitrogens with zero attached hydrogens (tertiary/aromatic N) is 1. The molecule has 1 heterocycles. The fraction of sp³-hybridized carbons (Fsp3) is 0.417. The number of urea groups is 1. The normalized spacial score (nSPS) is 17.7. The monoisotopic (exact) mass is 441 g/mol. The molecule has 0 radical (unpaired) electrons. The van der Waals surface area contributed by atoms with Crippen molar-refractivity contribution in [2.24, 2.45) is 0 Å². The van der Waals surface area contributed by atoms with Crippen molar-refractivity contribution in [3.05, 3.63) is 54.1 Å². The van der Waals surface area contributed by atoms with Crippen molar-refractivity contribution in [2.45, 2.75) is 25.3 Å². The molecule has 3 rings (SSSR count). The number of likely N-dealkylation sites (tertiary alicyclic amines) is 1. The van der Waals surface area contributed by atoms with E-state index in [2.05, 4.69) is 10.6 Å². The van der Waals surface area contributed by atoms with Gasteiger partial charge in [0.15, 0.2) is 6.61 Å². The fourth-order valence-electron chi connectivity index (χ4n) is 3.79. The smallest absolute Gasteiger partial charge is 0.319 e. The van der Waals surface area contributed by atoms with Crippen LogP contribution in [0.5, 0.6) is 11.5 Å². The van der Waals surface area contributed by atoms with E-state index in [1.165, 1.54) is 0 Å². The summed E-state index contributed by atoms with van der Waals surface area (Å²) in [5.41, 5.74) is 1.23. The molecule has 172 valence electrons. The average molecular weight is 442 g/mol. The number of benzene rings is 2. The lowest BCUT2D eigenvalue weighted by atomic mass is 9.94. The van der Waals surface area contributed by atoms with Crippen molar-refractivity contribution in [2.75, 3.05) is 45.8 Å². The second-order valence-electron chi connectivity index (χ2n) is 8.00. The molecule has 1 saturated heterocycles. The third kappa shape index (κ3) is 6.37. The Bertz CT molecular complexity index is 918. The van der Waals surface area contributed by atoms with Gasteiger partial charge in [-0.1, -0.05) is 12.1 Å². The Labute approximate surface area is 188 Å². The molecule has 8 nitrogen and oxygen atoms in total. The zero-order valence-corrected chi connectivity index (χ0v) is 18.8. The SMILES string of the molecule is COCC[C@]1(NC(=O)Nc2cccc(C)c2)CCN(C(=O)COc2ccc(OC)cc2)C1. The number of methoxy groups -OCH3 is 2. The molecule has 32 heavy (non-hydrogen) atoms. The first-order valence-corrected chi connectivity index (χ1v) is 10.6. The third-order valence-electron chi connectivity index (χ3n) is 5.57. The van der Waals surface area contributed by atoms with Gasteiger partial charge in [-0.05, 0) is 61.7 Å². The summed E-state index contributed by atoms with van der Waals surface area (Å²) >= 11 is 0. The Balaban J connectivity index is 1.57. The van der Waals surface area contributed by atoms with Gasteiger partial charge >= 0.3 is 6.03 Å². The van der Waals surface area contributed by atoms with E-state index in [1.807, 2.05) is 31.2 Å². The van der Waals surface area contributed by atoms with Gasteiger partial charge in [-0.2, -0.15) is 0 Å². The number of carbonyl (C=O) groups excluding carboxylic acids is 2. The van der Waals surface area contributed by atoms with Gasteiger partial charge < -0.3 is 29.7 Å². The van der Waals surface area contributed by atoms with Crippen LogP contribution in [0.3, 0.4) is 0 Å². The summed E-state index contributed by atoms with van der Waals surface area (Å²) in [7, 11) is 3.22. The molecule has 0 aromatic heterocycles. The van der Waals surface area contributed by atoms with Crippen molar-refractivity contribution in [3.8, 4) is 11.5 Å². The topological polar surface area (TPSA) is 89.1 Å². The number of hydrogen-bond donors (Lipinski definition) is 2. The minimum atomic E-state index is -0.556. The van der Waals surface area contributed by atoms with E-state index in [0.29, 0.717) is 38.3 Å². The number of amides is 3. The van der Waals surface area contributed by atoms with Gasteiger partial charge in [0.05, 0.1) is 12.6 Å². The van der Waals surface area contributed by atoms with Gasteiger partial charge in [-0.3, -0.25) is 4.79 Å². The molecule has 8 heteroatoms. The molecular formula is C24H31N3O5. The van der Waals surface area contributed by atoms with Crippen LogP contribution in [0.2, 0.25) is 0 Å². The first-order valence-electron chi connectivity index (χ1n) is 10.6. The lowest BCUT2D eigenvalue weighted by molar-refractivity contribution is -0.132. The second kappa shape index (κ2) is 10.9. The number of rotatable bonds is 9. The molecule has 0 bridgehead atoms. The lowest BCUT2D eigenvalue weighted by Gasteiger charge is -2.30. The largest absolute Gasteiger partial charge is 0.497 e. The van der Waals surface area contributed by atoms with E-state index in [9.17, 15) is 9.59 Å². The predicted octanol–water partition coefficient (Wildman–Crippen LogP) is 3.21. The van der Waals surface area contributed by atoms with Crippen LogP contribution in [-0.4, -0.2) is 62.9 Å². The van der Waals surface area contributed by atoms with Crippen molar-refractivity contribution in [1.29, 1.82) is 0 Å². The van der Waals surface area contributed by atoms with Gasteiger partial charge in [0.2, 0.25) is 0 Å². The molecule has 0 saturated carbocycles. The van der Waals surface area contributed by atoms with Crippen LogP contribution in [0.4, 0.5) is 10.5 Å². The van der Waals surface area contributed by atoms with Crippen molar-refractivity contribution >= 4 is 17.6 Å². The van der Waals surface area contributed by atoms with Crippen LogP contribution in [0, 0.1) is 6.92 Å². The number of hydrogen-bond acceptors (Lipinski definition) is 5. The van der Waals surface area contributed by atoms with Crippen molar-refractivity contribution in [1.82, 2.24) is 10.2 Å². The maximum Gasteiger partial charge on any atom is 0.319 e. The van der Waals surface area contributed by atoms with E-state index in [0.717, 1.165) is 17.0 Å². The standard InChI is InChI=1S/C24H31N3O5/c1-18-5-4-6-19(15-18)25-23(29)26-24(12-14-30-2)11-13-27(17-24)22(28)16-32-21-9-7-20(31-3)8-10-21/h4-10,15H,11-14,16-17H2,1-3H3,(H2,25,26,29)/t24-/m1/s1. The third-order valence-corrected chi connectivity index (χ3v) is 5.57. The lowest BCUT2D eigenvalue weighted by Crippen LogP contribution is -2.53. The first-order chi connectivity index (χ1) is 15.4. The number of ether oxygens (including phenoxy) is 3. The van der Waals surface area contributed by atoms with Crippen LogP contribution < -0.4 is 20.1 Å². The van der Waals surface area contributed by atoms with E-state index < -0.39 is 5.54 Å². The summed E-state index contributed by atoms with van der Waals surface area (Å²) in [4.78, 5) is 27.1. The van der Waals surface area contributed by atoms with Crippen LogP contribution in [0.25, 0.3) is 0 Å². The molecule has 0 spiro atoms. The Morgan fingerprint density at radius 3 is 2.53 bits per heavy atom. The van der Waals surface area contributed by atoms with Gasteiger partial charge in [-0.25, -0.2) is 4.79 Å². The molecule has 3 amide bonds. The van der Waals surface area contributed by atoms with E-state index in [-0.39, 0.29) is 18.5 Å². The summed E-state index contributed by atoms with van der Waals surface area (Å²) < 4.78 is 16.0.